The molecule has 1 heterocycles. The number of methoxy groups -OCH3 is 1. The summed E-state index contributed by atoms with van der Waals surface area (Å²) in [6.07, 6.45) is 0. The summed E-state index contributed by atoms with van der Waals surface area (Å²) in [4.78, 5) is 4.72. The van der Waals surface area contributed by atoms with Gasteiger partial charge >= 0.3 is 0 Å². The number of hydrogen-bond donors (Lipinski definition) is 2. The predicted octanol–water partition coefficient (Wildman–Crippen LogP) is 2.44. The Hall–Kier alpha value is -2.34. The lowest BCUT2D eigenvalue weighted by molar-refractivity contribution is 0.184. The van der Waals surface area contributed by atoms with Crippen LogP contribution in [-0.4, -0.2) is 29.4 Å². The van der Waals surface area contributed by atoms with E-state index in [9.17, 15) is 0 Å². The van der Waals surface area contributed by atoms with Gasteiger partial charge < -0.3 is 15.4 Å². The third-order valence-electron chi connectivity index (χ3n) is 4.26. The van der Waals surface area contributed by atoms with E-state index in [1.165, 1.54) is 22.4 Å². The second-order valence-electron chi connectivity index (χ2n) is 6.02. The van der Waals surface area contributed by atoms with Crippen LogP contribution in [0.2, 0.25) is 0 Å². The van der Waals surface area contributed by atoms with E-state index >= 15 is 0 Å². The summed E-state index contributed by atoms with van der Waals surface area (Å²) in [5.74, 6) is 0.803. The Morgan fingerprint density at radius 2 is 1.92 bits per heavy atom. The number of aromatic nitrogens is 2. The molecule has 0 unspecified atom stereocenters. The van der Waals surface area contributed by atoms with Gasteiger partial charge in [-0.3, -0.25) is 4.68 Å². The molecule has 0 aliphatic rings. The Morgan fingerprint density at radius 1 is 1.20 bits per heavy atom. The molecule has 0 spiro atoms. The summed E-state index contributed by atoms with van der Waals surface area (Å²) in [5, 5.41) is 11.2. The first-order valence-corrected chi connectivity index (χ1v) is 8.63. The third kappa shape index (κ3) is 5.06. The number of aliphatic imine (C=N–C) groups is 1. The number of benzene rings is 1. The molecule has 6 heteroatoms. The number of guanidine groups is 1. The molecule has 1 aromatic carbocycles. The fraction of sp³-hybridized carbons (Fsp3) is 0.474. The molecule has 0 aliphatic carbocycles. The van der Waals surface area contributed by atoms with Crippen LogP contribution in [0, 0.1) is 13.8 Å². The van der Waals surface area contributed by atoms with Gasteiger partial charge in [-0.15, -0.1) is 0 Å². The molecular formula is C19H29N5O. The van der Waals surface area contributed by atoms with Crippen molar-refractivity contribution < 1.29 is 4.74 Å². The Bertz CT molecular complexity index is 721. The minimum absolute atomic E-state index is 0.601. The number of nitrogens with one attached hydrogen (secondary N) is 2. The van der Waals surface area contributed by atoms with Gasteiger partial charge in [-0.05, 0) is 31.9 Å². The topological polar surface area (TPSA) is 63.5 Å². The molecule has 0 radical (unpaired) electrons. The van der Waals surface area contributed by atoms with Crippen molar-refractivity contribution in [3.63, 3.8) is 0 Å². The van der Waals surface area contributed by atoms with Crippen molar-refractivity contribution in [1.82, 2.24) is 20.4 Å². The maximum atomic E-state index is 5.27. The van der Waals surface area contributed by atoms with Crippen molar-refractivity contribution in [3.05, 3.63) is 52.3 Å². The van der Waals surface area contributed by atoms with E-state index in [0.29, 0.717) is 19.7 Å². The molecule has 0 saturated heterocycles. The number of hydrogen-bond acceptors (Lipinski definition) is 3. The van der Waals surface area contributed by atoms with E-state index in [1.807, 2.05) is 30.8 Å². The summed E-state index contributed by atoms with van der Waals surface area (Å²) < 4.78 is 7.18. The SMILES string of the molecule is CCNC(=NCc1ccccc1COC)NCc1c(C)nn(C)c1C. The van der Waals surface area contributed by atoms with Crippen LogP contribution in [0.5, 0.6) is 0 Å². The van der Waals surface area contributed by atoms with Gasteiger partial charge in [0.1, 0.15) is 0 Å². The second kappa shape index (κ2) is 9.22. The molecule has 1 aromatic heterocycles. The first-order valence-electron chi connectivity index (χ1n) is 8.63. The highest BCUT2D eigenvalue weighted by Gasteiger charge is 2.10. The summed E-state index contributed by atoms with van der Waals surface area (Å²) in [5.41, 5.74) is 5.78. The molecule has 0 saturated carbocycles. The Labute approximate surface area is 150 Å². The van der Waals surface area contributed by atoms with Crippen LogP contribution in [0.4, 0.5) is 0 Å². The van der Waals surface area contributed by atoms with Crippen LogP contribution in [0.3, 0.4) is 0 Å². The molecule has 0 amide bonds. The molecule has 2 aromatic rings. The van der Waals surface area contributed by atoms with Crippen molar-refractivity contribution in [2.45, 2.75) is 40.5 Å². The predicted molar refractivity (Wildman–Crippen MR) is 101 cm³/mol. The molecule has 0 aliphatic heterocycles. The molecule has 0 atom stereocenters. The van der Waals surface area contributed by atoms with Crippen molar-refractivity contribution in [2.24, 2.45) is 12.0 Å². The van der Waals surface area contributed by atoms with E-state index in [0.717, 1.165) is 18.2 Å². The van der Waals surface area contributed by atoms with E-state index in [1.54, 1.807) is 7.11 Å². The van der Waals surface area contributed by atoms with Crippen LogP contribution in [-0.2, 0) is 31.5 Å². The molecule has 2 rings (SSSR count). The van der Waals surface area contributed by atoms with Crippen LogP contribution < -0.4 is 10.6 Å². The zero-order valence-corrected chi connectivity index (χ0v) is 15.9. The van der Waals surface area contributed by atoms with Gasteiger partial charge in [-0.1, -0.05) is 24.3 Å². The monoisotopic (exact) mass is 343 g/mol. The maximum Gasteiger partial charge on any atom is 0.191 e. The maximum absolute atomic E-state index is 5.27. The van der Waals surface area contributed by atoms with E-state index in [-0.39, 0.29) is 0 Å². The van der Waals surface area contributed by atoms with E-state index in [2.05, 4.69) is 41.7 Å². The quantitative estimate of drug-likeness (QED) is 0.599. The van der Waals surface area contributed by atoms with Gasteiger partial charge in [0.15, 0.2) is 5.96 Å². The summed E-state index contributed by atoms with van der Waals surface area (Å²) in [7, 11) is 3.68. The van der Waals surface area contributed by atoms with Crippen molar-refractivity contribution in [3.8, 4) is 0 Å². The smallest absolute Gasteiger partial charge is 0.191 e. The zero-order valence-electron chi connectivity index (χ0n) is 15.9. The highest BCUT2D eigenvalue weighted by molar-refractivity contribution is 5.79. The molecule has 6 nitrogen and oxygen atoms in total. The normalized spacial score (nSPS) is 11.6. The fourth-order valence-corrected chi connectivity index (χ4v) is 2.76. The molecular weight excluding hydrogens is 314 g/mol. The average molecular weight is 343 g/mol. The van der Waals surface area contributed by atoms with Gasteiger partial charge in [-0.2, -0.15) is 5.10 Å². The first kappa shape index (κ1) is 19.0. The second-order valence-corrected chi connectivity index (χ2v) is 6.02. The summed E-state index contributed by atoms with van der Waals surface area (Å²) in [6, 6.07) is 8.24. The van der Waals surface area contributed by atoms with Crippen LogP contribution in [0.25, 0.3) is 0 Å². The van der Waals surface area contributed by atoms with Crippen molar-refractivity contribution in [2.75, 3.05) is 13.7 Å². The lowest BCUT2D eigenvalue weighted by Crippen LogP contribution is -2.37. The van der Waals surface area contributed by atoms with Gasteiger partial charge in [0.05, 0.1) is 18.8 Å². The van der Waals surface area contributed by atoms with Crippen molar-refractivity contribution >= 4 is 5.96 Å². The van der Waals surface area contributed by atoms with Crippen LogP contribution in [0.15, 0.2) is 29.3 Å². The number of nitrogens with zero attached hydrogens (tertiary/aromatic N) is 3. The number of aryl methyl sites for hydroxylation is 2. The highest BCUT2D eigenvalue weighted by atomic mass is 16.5. The van der Waals surface area contributed by atoms with Crippen molar-refractivity contribution in [1.29, 1.82) is 0 Å². The first-order chi connectivity index (χ1) is 12.1. The minimum Gasteiger partial charge on any atom is -0.380 e. The molecule has 2 N–H and O–H groups in total. The Morgan fingerprint density at radius 3 is 2.52 bits per heavy atom. The van der Waals surface area contributed by atoms with E-state index < -0.39 is 0 Å². The lowest BCUT2D eigenvalue weighted by Gasteiger charge is -2.12. The zero-order chi connectivity index (χ0) is 18.2. The standard InChI is InChI=1S/C19H29N5O/c1-6-20-19(22-12-18-14(2)23-24(4)15(18)3)21-11-16-9-7-8-10-17(16)13-25-5/h7-10H,6,11-13H2,1-5H3,(H2,20,21,22). The lowest BCUT2D eigenvalue weighted by atomic mass is 10.1. The fourth-order valence-electron chi connectivity index (χ4n) is 2.76. The van der Waals surface area contributed by atoms with E-state index in [4.69, 9.17) is 9.73 Å². The molecule has 0 bridgehead atoms. The number of ether oxygens (including phenoxy) is 1. The Kier molecular flexibility index (Phi) is 7.01. The average Bonchev–Trinajstić information content (AvgIpc) is 2.84. The van der Waals surface area contributed by atoms with Crippen LogP contribution in [0.1, 0.15) is 35.0 Å². The minimum atomic E-state index is 0.601. The molecule has 25 heavy (non-hydrogen) atoms. The van der Waals surface area contributed by atoms with Crippen LogP contribution >= 0.6 is 0 Å². The van der Waals surface area contributed by atoms with Gasteiger partial charge in [0.2, 0.25) is 0 Å². The Balaban J connectivity index is 2.08. The molecule has 136 valence electrons. The third-order valence-corrected chi connectivity index (χ3v) is 4.26. The van der Waals surface area contributed by atoms with Gasteiger partial charge in [0.25, 0.3) is 0 Å². The number of rotatable bonds is 7. The van der Waals surface area contributed by atoms with Gasteiger partial charge in [-0.25, -0.2) is 4.99 Å². The largest absolute Gasteiger partial charge is 0.380 e. The van der Waals surface area contributed by atoms with Gasteiger partial charge in [0, 0.05) is 38.5 Å². The highest BCUT2D eigenvalue weighted by Crippen LogP contribution is 2.12. The summed E-state index contributed by atoms with van der Waals surface area (Å²) >= 11 is 0. The molecule has 0 fully saturated rings. The summed E-state index contributed by atoms with van der Waals surface area (Å²) in [6.45, 7) is 8.92.